The predicted molar refractivity (Wildman–Crippen MR) is 75.5 cm³/mol. The smallest absolute Gasteiger partial charge is 0.232 e. The van der Waals surface area contributed by atoms with Gasteiger partial charge in [0.05, 0.1) is 12.0 Å². The minimum Gasteiger partial charge on any atom is -0.392 e. The summed E-state index contributed by atoms with van der Waals surface area (Å²) in [5.41, 5.74) is 2.41. The Labute approximate surface area is 118 Å². The average molecular weight is 272 g/mol. The van der Waals surface area contributed by atoms with Crippen molar-refractivity contribution in [2.24, 2.45) is 0 Å². The molecule has 0 aliphatic heterocycles. The molecule has 0 radical (unpaired) electrons. The van der Waals surface area contributed by atoms with E-state index in [4.69, 9.17) is 4.52 Å². The Hall–Kier alpha value is -1.68. The number of aliphatic hydroxyl groups excluding tert-OH is 1. The number of hydrogen-bond acceptors (Lipinski definition) is 4. The maximum atomic E-state index is 10.0. The maximum absolute atomic E-state index is 10.0. The van der Waals surface area contributed by atoms with E-state index in [1.165, 1.54) is 11.1 Å². The second-order valence-corrected chi connectivity index (χ2v) is 5.67. The van der Waals surface area contributed by atoms with Crippen molar-refractivity contribution in [2.75, 3.05) is 0 Å². The summed E-state index contributed by atoms with van der Waals surface area (Å²) in [6.45, 7) is 2.07. The van der Waals surface area contributed by atoms with Crippen LogP contribution in [0.4, 0.5) is 0 Å². The molecule has 4 nitrogen and oxygen atoms in total. The van der Waals surface area contributed by atoms with E-state index in [0.29, 0.717) is 18.1 Å². The molecule has 20 heavy (non-hydrogen) atoms. The summed E-state index contributed by atoms with van der Waals surface area (Å²) in [6, 6.07) is 8.31. The Kier molecular flexibility index (Phi) is 3.83. The Balaban J connectivity index is 1.73. The fourth-order valence-corrected chi connectivity index (χ4v) is 2.89. The number of rotatable bonds is 3. The molecular formula is C16H20N2O2. The standard InChI is InChI=1S/C16H20N2O2/c1-11-5-4-6-12(9-11)10-15-17-16(20-18-15)13-7-2-3-8-14(13)19/h4-6,9,13-14,19H,2-3,7-8,10H2,1H3. The molecule has 2 aromatic rings. The zero-order valence-corrected chi connectivity index (χ0v) is 11.7. The van der Waals surface area contributed by atoms with Gasteiger partial charge in [-0.05, 0) is 25.3 Å². The molecule has 1 fully saturated rings. The molecule has 1 aromatic carbocycles. The first-order chi connectivity index (χ1) is 9.72. The van der Waals surface area contributed by atoms with Crippen LogP contribution >= 0.6 is 0 Å². The van der Waals surface area contributed by atoms with E-state index in [1.807, 2.05) is 6.07 Å². The minimum absolute atomic E-state index is 0.0162. The molecule has 2 unspecified atom stereocenters. The van der Waals surface area contributed by atoms with Crippen LogP contribution in [0, 0.1) is 6.92 Å². The van der Waals surface area contributed by atoms with E-state index in [0.717, 1.165) is 25.7 Å². The fourth-order valence-electron chi connectivity index (χ4n) is 2.89. The van der Waals surface area contributed by atoms with Crippen LogP contribution in [0.1, 0.15) is 54.4 Å². The van der Waals surface area contributed by atoms with Crippen molar-refractivity contribution in [2.45, 2.75) is 51.0 Å². The van der Waals surface area contributed by atoms with Crippen molar-refractivity contribution in [3.8, 4) is 0 Å². The molecule has 1 aliphatic rings. The lowest BCUT2D eigenvalue weighted by molar-refractivity contribution is 0.0908. The van der Waals surface area contributed by atoms with Crippen molar-refractivity contribution in [3.05, 3.63) is 47.1 Å². The number of aryl methyl sites for hydroxylation is 1. The highest BCUT2D eigenvalue weighted by molar-refractivity contribution is 5.24. The first-order valence-corrected chi connectivity index (χ1v) is 7.28. The molecule has 1 aromatic heterocycles. The second-order valence-electron chi connectivity index (χ2n) is 5.67. The van der Waals surface area contributed by atoms with E-state index in [-0.39, 0.29) is 12.0 Å². The van der Waals surface area contributed by atoms with E-state index >= 15 is 0 Å². The highest BCUT2D eigenvalue weighted by Gasteiger charge is 2.29. The van der Waals surface area contributed by atoms with Crippen molar-refractivity contribution < 1.29 is 9.63 Å². The van der Waals surface area contributed by atoms with Crippen LogP contribution in [0.3, 0.4) is 0 Å². The van der Waals surface area contributed by atoms with Gasteiger partial charge in [0, 0.05) is 6.42 Å². The van der Waals surface area contributed by atoms with E-state index in [2.05, 4.69) is 35.3 Å². The van der Waals surface area contributed by atoms with Gasteiger partial charge in [-0.2, -0.15) is 4.98 Å². The summed E-state index contributed by atoms with van der Waals surface area (Å²) in [5.74, 6) is 1.31. The molecule has 1 N–H and O–H groups in total. The Morgan fingerprint density at radius 1 is 1.30 bits per heavy atom. The molecule has 1 aliphatic carbocycles. The minimum atomic E-state index is -0.337. The first-order valence-electron chi connectivity index (χ1n) is 7.28. The Morgan fingerprint density at radius 2 is 2.15 bits per heavy atom. The Morgan fingerprint density at radius 3 is 2.95 bits per heavy atom. The normalized spacial score (nSPS) is 22.9. The number of benzene rings is 1. The van der Waals surface area contributed by atoms with E-state index in [9.17, 15) is 5.11 Å². The summed E-state index contributed by atoms with van der Waals surface area (Å²) in [6.07, 6.45) is 4.32. The highest BCUT2D eigenvalue weighted by atomic mass is 16.5. The summed E-state index contributed by atoms with van der Waals surface area (Å²) in [4.78, 5) is 4.47. The molecule has 0 saturated heterocycles. The summed E-state index contributed by atoms with van der Waals surface area (Å²) >= 11 is 0. The van der Waals surface area contributed by atoms with Crippen molar-refractivity contribution in [1.82, 2.24) is 10.1 Å². The van der Waals surface area contributed by atoms with Crippen molar-refractivity contribution in [3.63, 3.8) is 0 Å². The van der Waals surface area contributed by atoms with Gasteiger partial charge in [0.2, 0.25) is 5.89 Å². The fraction of sp³-hybridized carbons (Fsp3) is 0.500. The molecule has 0 bridgehead atoms. The van der Waals surface area contributed by atoms with Crippen LogP contribution in [0.25, 0.3) is 0 Å². The summed E-state index contributed by atoms with van der Waals surface area (Å²) in [7, 11) is 0. The van der Waals surface area contributed by atoms with Crippen LogP contribution in [0.2, 0.25) is 0 Å². The largest absolute Gasteiger partial charge is 0.392 e. The second kappa shape index (κ2) is 5.75. The lowest BCUT2D eigenvalue weighted by Gasteiger charge is -2.24. The lowest BCUT2D eigenvalue weighted by atomic mass is 9.86. The molecule has 1 heterocycles. The molecule has 106 valence electrons. The van der Waals surface area contributed by atoms with E-state index < -0.39 is 0 Å². The molecule has 3 rings (SSSR count). The zero-order valence-electron chi connectivity index (χ0n) is 11.7. The molecule has 4 heteroatoms. The summed E-state index contributed by atoms with van der Waals surface area (Å²) in [5, 5.41) is 14.1. The van der Waals surface area contributed by atoms with Gasteiger partial charge in [-0.3, -0.25) is 0 Å². The topological polar surface area (TPSA) is 59.2 Å². The van der Waals surface area contributed by atoms with Gasteiger partial charge in [-0.25, -0.2) is 0 Å². The van der Waals surface area contributed by atoms with Crippen LogP contribution < -0.4 is 0 Å². The van der Waals surface area contributed by atoms with Crippen LogP contribution in [-0.2, 0) is 6.42 Å². The van der Waals surface area contributed by atoms with Gasteiger partial charge in [-0.15, -0.1) is 0 Å². The third kappa shape index (κ3) is 2.90. The van der Waals surface area contributed by atoms with Gasteiger partial charge in [0.15, 0.2) is 5.82 Å². The predicted octanol–water partition coefficient (Wildman–Crippen LogP) is 2.99. The van der Waals surface area contributed by atoms with Gasteiger partial charge >= 0.3 is 0 Å². The van der Waals surface area contributed by atoms with Gasteiger partial charge in [-0.1, -0.05) is 47.8 Å². The van der Waals surface area contributed by atoms with Gasteiger partial charge in [0.25, 0.3) is 0 Å². The van der Waals surface area contributed by atoms with E-state index in [1.54, 1.807) is 0 Å². The molecule has 0 amide bonds. The molecule has 1 saturated carbocycles. The number of aliphatic hydroxyl groups is 1. The zero-order chi connectivity index (χ0) is 13.9. The number of hydrogen-bond donors (Lipinski definition) is 1. The monoisotopic (exact) mass is 272 g/mol. The average Bonchev–Trinajstić information content (AvgIpc) is 2.87. The number of nitrogens with zero attached hydrogens (tertiary/aromatic N) is 2. The van der Waals surface area contributed by atoms with Gasteiger partial charge < -0.3 is 9.63 Å². The van der Waals surface area contributed by atoms with Crippen molar-refractivity contribution in [1.29, 1.82) is 0 Å². The molecule has 2 atom stereocenters. The third-order valence-corrected chi connectivity index (χ3v) is 3.98. The SMILES string of the molecule is Cc1cccc(Cc2noc(C3CCCCC3O)n2)c1. The van der Waals surface area contributed by atoms with Gasteiger partial charge in [0.1, 0.15) is 0 Å². The van der Waals surface area contributed by atoms with Crippen molar-refractivity contribution >= 4 is 0 Å². The third-order valence-electron chi connectivity index (χ3n) is 3.98. The first kappa shape index (κ1) is 13.3. The summed E-state index contributed by atoms with van der Waals surface area (Å²) < 4.78 is 5.36. The quantitative estimate of drug-likeness (QED) is 0.933. The van der Waals surface area contributed by atoms with Crippen LogP contribution in [0.15, 0.2) is 28.8 Å². The van der Waals surface area contributed by atoms with Crippen LogP contribution in [0.5, 0.6) is 0 Å². The maximum Gasteiger partial charge on any atom is 0.232 e. The molecule has 0 spiro atoms. The lowest BCUT2D eigenvalue weighted by Crippen LogP contribution is -2.22. The number of aromatic nitrogens is 2. The highest BCUT2D eigenvalue weighted by Crippen LogP contribution is 2.32. The Bertz CT molecular complexity index is 579. The van der Waals surface area contributed by atoms with Crippen LogP contribution in [-0.4, -0.2) is 21.4 Å². The molecular weight excluding hydrogens is 252 g/mol.